The van der Waals surface area contributed by atoms with Crippen LogP contribution < -0.4 is 5.32 Å². The first kappa shape index (κ1) is 13.9. The molecule has 4 fully saturated rings. The first-order valence-corrected chi connectivity index (χ1v) is 8.43. The van der Waals surface area contributed by atoms with Gasteiger partial charge in [-0.3, -0.25) is 0 Å². The number of hydrogen-bond acceptors (Lipinski definition) is 2. The third-order valence-electron chi connectivity index (χ3n) is 5.91. The van der Waals surface area contributed by atoms with Gasteiger partial charge in [-0.05, 0) is 74.0 Å². The van der Waals surface area contributed by atoms with Crippen LogP contribution in [-0.4, -0.2) is 24.3 Å². The molecule has 2 heteroatoms. The van der Waals surface area contributed by atoms with E-state index in [-0.39, 0.29) is 0 Å². The van der Waals surface area contributed by atoms with Crippen molar-refractivity contribution in [3.63, 3.8) is 0 Å². The fourth-order valence-corrected chi connectivity index (χ4v) is 5.66. The van der Waals surface area contributed by atoms with Gasteiger partial charge < -0.3 is 10.4 Å². The molecule has 0 saturated heterocycles. The molecule has 0 amide bonds. The van der Waals surface area contributed by atoms with Gasteiger partial charge in [0.1, 0.15) is 0 Å². The Kier molecular flexibility index (Phi) is 3.92. The van der Waals surface area contributed by atoms with Gasteiger partial charge in [-0.15, -0.1) is 0 Å². The summed E-state index contributed by atoms with van der Waals surface area (Å²) in [4.78, 5) is 0. The van der Waals surface area contributed by atoms with E-state index in [9.17, 15) is 5.11 Å². The SMILES string of the molecule is CC(C)CC(CO)NCC12CC3CC(CC(C3)C1)C2. The lowest BCUT2D eigenvalue weighted by Crippen LogP contribution is -2.52. The number of nitrogens with one attached hydrogen (secondary N) is 1. The van der Waals surface area contributed by atoms with Gasteiger partial charge in [-0.25, -0.2) is 0 Å². The average molecular weight is 265 g/mol. The summed E-state index contributed by atoms with van der Waals surface area (Å²) in [5.74, 6) is 3.77. The van der Waals surface area contributed by atoms with Crippen LogP contribution in [0.2, 0.25) is 0 Å². The van der Waals surface area contributed by atoms with E-state index < -0.39 is 0 Å². The third kappa shape index (κ3) is 3.00. The molecule has 110 valence electrons. The Hall–Kier alpha value is -0.0800. The van der Waals surface area contributed by atoms with Gasteiger partial charge >= 0.3 is 0 Å². The van der Waals surface area contributed by atoms with Crippen LogP contribution in [0.3, 0.4) is 0 Å². The van der Waals surface area contributed by atoms with Crippen molar-refractivity contribution < 1.29 is 5.11 Å². The molecule has 4 saturated carbocycles. The molecule has 19 heavy (non-hydrogen) atoms. The van der Waals surface area contributed by atoms with Gasteiger partial charge in [-0.1, -0.05) is 13.8 Å². The quantitative estimate of drug-likeness (QED) is 0.773. The van der Waals surface area contributed by atoms with E-state index in [1.807, 2.05) is 0 Å². The zero-order valence-electron chi connectivity index (χ0n) is 12.7. The molecule has 0 aromatic rings. The summed E-state index contributed by atoms with van der Waals surface area (Å²) in [7, 11) is 0. The van der Waals surface area contributed by atoms with Crippen LogP contribution in [0.15, 0.2) is 0 Å². The summed E-state index contributed by atoms with van der Waals surface area (Å²) in [5.41, 5.74) is 0.596. The zero-order valence-corrected chi connectivity index (χ0v) is 12.7. The lowest BCUT2D eigenvalue weighted by molar-refractivity contribution is -0.0533. The molecule has 0 aromatic heterocycles. The topological polar surface area (TPSA) is 32.3 Å². The van der Waals surface area contributed by atoms with Gasteiger partial charge in [0.2, 0.25) is 0 Å². The zero-order chi connectivity index (χ0) is 13.5. The second-order valence-electron chi connectivity index (χ2n) is 8.31. The summed E-state index contributed by atoms with van der Waals surface area (Å²) in [6.45, 7) is 5.95. The van der Waals surface area contributed by atoms with Gasteiger partial charge in [0.05, 0.1) is 6.61 Å². The molecule has 1 atom stereocenters. The van der Waals surface area contributed by atoms with Crippen LogP contribution in [0.1, 0.15) is 58.8 Å². The molecule has 0 aromatic carbocycles. The van der Waals surface area contributed by atoms with Crippen molar-refractivity contribution >= 4 is 0 Å². The van der Waals surface area contributed by atoms with Crippen LogP contribution in [0.4, 0.5) is 0 Å². The van der Waals surface area contributed by atoms with Crippen LogP contribution in [0, 0.1) is 29.1 Å². The Bertz CT molecular complexity index is 277. The smallest absolute Gasteiger partial charge is 0.0584 e. The highest BCUT2D eigenvalue weighted by atomic mass is 16.3. The molecule has 2 N–H and O–H groups in total. The van der Waals surface area contributed by atoms with E-state index in [2.05, 4.69) is 19.2 Å². The molecule has 0 radical (unpaired) electrons. The van der Waals surface area contributed by atoms with Crippen LogP contribution in [-0.2, 0) is 0 Å². The van der Waals surface area contributed by atoms with E-state index in [1.165, 1.54) is 38.5 Å². The lowest BCUT2D eigenvalue weighted by Gasteiger charge is -2.57. The monoisotopic (exact) mass is 265 g/mol. The molecule has 4 aliphatic carbocycles. The number of rotatable bonds is 6. The molecule has 0 heterocycles. The van der Waals surface area contributed by atoms with Gasteiger partial charge in [0, 0.05) is 12.6 Å². The van der Waals surface area contributed by atoms with Crippen molar-refractivity contribution in [2.24, 2.45) is 29.1 Å². The van der Waals surface area contributed by atoms with E-state index in [4.69, 9.17) is 0 Å². The van der Waals surface area contributed by atoms with E-state index in [1.54, 1.807) is 0 Å². The normalized spacial score (nSPS) is 42.0. The fraction of sp³-hybridized carbons (Fsp3) is 1.00. The van der Waals surface area contributed by atoms with E-state index in [0.29, 0.717) is 24.0 Å². The van der Waals surface area contributed by atoms with Gasteiger partial charge in [-0.2, -0.15) is 0 Å². The lowest BCUT2D eigenvalue weighted by atomic mass is 9.49. The second-order valence-corrected chi connectivity index (χ2v) is 8.31. The minimum absolute atomic E-state index is 0.296. The van der Waals surface area contributed by atoms with Crippen molar-refractivity contribution in [1.82, 2.24) is 5.32 Å². The molecule has 4 bridgehead atoms. The van der Waals surface area contributed by atoms with Crippen molar-refractivity contribution in [2.45, 2.75) is 64.8 Å². The summed E-state index contributed by atoms with van der Waals surface area (Å²) in [5, 5.41) is 13.2. The molecule has 1 unspecified atom stereocenters. The second kappa shape index (κ2) is 5.37. The van der Waals surface area contributed by atoms with Crippen molar-refractivity contribution in [2.75, 3.05) is 13.2 Å². The maximum Gasteiger partial charge on any atom is 0.0584 e. The maximum atomic E-state index is 9.53. The summed E-state index contributed by atoms with van der Waals surface area (Å²) < 4.78 is 0. The predicted molar refractivity (Wildman–Crippen MR) is 78.9 cm³/mol. The summed E-state index contributed by atoms with van der Waals surface area (Å²) in [6.07, 6.45) is 10.1. The Morgan fingerprint density at radius 2 is 1.58 bits per heavy atom. The summed E-state index contributed by atoms with van der Waals surface area (Å²) in [6, 6.07) is 0.313. The number of aliphatic hydroxyl groups is 1. The van der Waals surface area contributed by atoms with Crippen LogP contribution in [0.25, 0.3) is 0 Å². The fourth-order valence-electron chi connectivity index (χ4n) is 5.66. The standard InChI is InChI=1S/C17H31NO/c1-12(2)3-16(10-19)18-11-17-7-13-4-14(8-17)6-15(5-13)9-17/h12-16,18-19H,3-11H2,1-2H3. The minimum Gasteiger partial charge on any atom is -0.395 e. The number of hydrogen-bond donors (Lipinski definition) is 2. The highest BCUT2D eigenvalue weighted by Gasteiger charge is 2.50. The summed E-state index contributed by atoms with van der Waals surface area (Å²) >= 11 is 0. The van der Waals surface area contributed by atoms with E-state index >= 15 is 0 Å². The molecule has 4 aliphatic rings. The third-order valence-corrected chi connectivity index (χ3v) is 5.91. The number of aliphatic hydroxyl groups excluding tert-OH is 1. The highest BCUT2D eigenvalue weighted by Crippen LogP contribution is 2.59. The molecular weight excluding hydrogens is 234 g/mol. The van der Waals surface area contributed by atoms with Crippen molar-refractivity contribution in [3.05, 3.63) is 0 Å². The van der Waals surface area contributed by atoms with Crippen LogP contribution >= 0.6 is 0 Å². The van der Waals surface area contributed by atoms with Crippen LogP contribution in [0.5, 0.6) is 0 Å². The Morgan fingerprint density at radius 1 is 1.05 bits per heavy atom. The largest absolute Gasteiger partial charge is 0.395 e. The average Bonchev–Trinajstić information content (AvgIpc) is 2.32. The Balaban J connectivity index is 1.57. The van der Waals surface area contributed by atoms with Gasteiger partial charge in [0.15, 0.2) is 0 Å². The van der Waals surface area contributed by atoms with Crippen molar-refractivity contribution in [3.8, 4) is 0 Å². The molecule has 0 aliphatic heterocycles. The molecule has 0 spiro atoms. The molecular formula is C17H31NO. The van der Waals surface area contributed by atoms with Gasteiger partial charge in [0.25, 0.3) is 0 Å². The minimum atomic E-state index is 0.296. The maximum absolute atomic E-state index is 9.53. The molecule has 4 rings (SSSR count). The van der Waals surface area contributed by atoms with Crippen molar-refractivity contribution in [1.29, 1.82) is 0 Å². The Labute approximate surface area is 118 Å². The van der Waals surface area contributed by atoms with E-state index in [0.717, 1.165) is 30.7 Å². The predicted octanol–water partition coefficient (Wildman–Crippen LogP) is 3.20. The first-order chi connectivity index (χ1) is 9.08. The first-order valence-electron chi connectivity index (χ1n) is 8.43. The highest BCUT2D eigenvalue weighted by molar-refractivity contribution is 5.02. The Morgan fingerprint density at radius 3 is 2.00 bits per heavy atom. The molecule has 2 nitrogen and oxygen atoms in total.